The van der Waals surface area contributed by atoms with Gasteiger partial charge < -0.3 is 5.32 Å². The highest BCUT2D eigenvalue weighted by atomic mass is 32.2. The zero-order valence-electron chi connectivity index (χ0n) is 18.0. The van der Waals surface area contributed by atoms with Crippen LogP contribution in [0.4, 0.5) is 11.4 Å². The third kappa shape index (κ3) is 4.99. The van der Waals surface area contributed by atoms with Crippen LogP contribution >= 0.6 is 11.8 Å². The van der Waals surface area contributed by atoms with Crippen LogP contribution in [0.2, 0.25) is 0 Å². The SMILES string of the molecule is CC(=O)C1CC(C(=O)Nc2cccc(CN3CCSCC3)c2C)=NN1c1ccccc1. The predicted molar refractivity (Wildman–Crippen MR) is 128 cm³/mol. The fraction of sp³-hybridized carbons (Fsp3) is 0.375. The molecule has 2 aliphatic rings. The second kappa shape index (κ2) is 9.66. The fourth-order valence-electron chi connectivity index (χ4n) is 3.97. The van der Waals surface area contributed by atoms with Crippen LogP contribution in [0.1, 0.15) is 24.5 Å². The number of para-hydroxylation sites is 1. The molecule has 4 rings (SSSR count). The summed E-state index contributed by atoms with van der Waals surface area (Å²) in [6.45, 7) is 6.68. The molecule has 0 radical (unpaired) electrons. The largest absolute Gasteiger partial charge is 0.321 e. The van der Waals surface area contributed by atoms with Gasteiger partial charge in [-0.05, 0) is 43.2 Å². The standard InChI is InChI=1S/C24H28N4O2S/c1-17-19(16-27-11-13-31-14-12-27)7-6-10-21(17)25-24(30)22-15-23(18(2)29)28(26-22)20-8-4-3-5-9-20/h3-10,23H,11-16H2,1-2H3,(H,25,30). The predicted octanol–water partition coefficient (Wildman–Crippen LogP) is 3.71. The van der Waals surface area contributed by atoms with Crippen LogP contribution in [-0.4, -0.2) is 52.9 Å². The summed E-state index contributed by atoms with van der Waals surface area (Å²) in [4.78, 5) is 27.7. The Hall–Kier alpha value is -2.64. The second-order valence-corrected chi connectivity index (χ2v) is 9.21. The van der Waals surface area contributed by atoms with E-state index in [0.29, 0.717) is 12.1 Å². The molecule has 0 saturated carbocycles. The molecular weight excluding hydrogens is 408 g/mol. The van der Waals surface area contributed by atoms with Crippen LogP contribution in [0.25, 0.3) is 0 Å². The molecule has 6 nitrogen and oxygen atoms in total. The lowest BCUT2D eigenvalue weighted by atomic mass is 10.0. The molecule has 2 aromatic rings. The van der Waals surface area contributed by atoms with Crippen molar-refractivity contribution in [2.24, 2.45) is 5.10 Å². The van der Waals surface area contributed by atoms with Crippen molar-refractivity contribution in [1.82, 2.24) is 4.90 Å². The van der Waals surface area contributed by atoms with Gasteiger partial charge in [-0.25, -0.2) is 0 Å². The average molecular weight is 437 g/mol. The molecule has 2 heterocycles. The lowest BCUT2D eigenvalue weighted by Gasteiger charge is -2.27. The van der Waals surface area contributed by atoms with Crippen molar-refractivity contribution in [2.45, 2.75) is 32.9 Å². The van der Waals surface area contributed by atoms with Gasteiger partial charge in [-0.3, -0.25) is 19.5 Å². The third-order valence-electron chi connectivity index (χ3n) is 5.85. The van der Waals surface area contributed by atoms with Gasteiger partial charge in [0.15, 0.2) is 5.78 Å². The summed E-state index contributed by atoms with van der Waals surface area (Å²) in [5.41, 5.74) is 4.29. The number of hydrazone groups is 1. The Balaban J connectivity index is 1.50. The Morgan fingerprint density at radius 3 is 2.55 bits per heavy atom. The summed E-state index contributed by atoms with van der Waals surface area (Å²) in [7, 11) is 0. The van der Waals surface area contributed by atoms with Crippen molar-refractivity contribution >= 4 is 40.5 Å². The number of anilines is 2. The molecule has 1 fully saturated rings. The highest BCUT2D eigenvalue weighted by Crippen LogP contribution is 2.26. The minimum Gasteiger partial charge on any atom is -0.321 e. The minimum absolute atomic E-state index is 0.00623. The molecule has 0 spiro atoms. The zero-order chi connectivity index (χ0) is 21.8. The second-order valence-electron chi connectivity index (χ2n) is 7.99. The van der Waals surface area contributed by atoms with E-state index in [1.54, 1.807) is 11.9 Å². The fourth-order valence-corrected chi connectivity index (χ4v) is 4.95. The van der Waals surface area contributed by atoms with E-state index >= 15 is 0 Å². The van der Waals surface area contributed by atoms with E-state index in [2.05, 4.69) is 28.3 Å². The van der Waals surface area contributed by atoms with Crippen LogP contribution in [0, 0.1) is 6.92 Å². The molecular formula is C24H28N4O2S. The van der Waals surface area contributed by atoms with E-state index in [1.807, 2.05) is 54.2 Å². The van der Waals surface area contributed by atoms with Crippen molar-refractivity contribution in [3.8, 4) is 0 Å². The normalized spacial score (nSPS) is 19.2. The lowest BCUT2D eigenvalue weighted by Crippen LogP contribution is -2.33. The summed E-state index contributed by atoms with van der Waals surface area (Å²) in [6, 6.07) is 15.1. The van der Waals surface area contributed by atoms with Crippen LogP contribution in [0.15, 0.2) is 53.6 Å². The van der Waals surface area contributed by atoms with Gasteiger partial charge in [-0.1, -0.05) is 30.3 Å². The smallest absolute Gasteiger partial charge is 0.271 e. The number of hydrogen-bond donors (Lipinski definition) is 1. The highest BCUT2D eigenvalue weighted by molar-refractivity contribution is 7.99. The van der Waals surface area contributed by atoms with Crippen molar-refractivity contribution in [2.75, 3.05) is 34.9 Å². The van der Waals surface area contributed by atoms with Crippen molar-refractivity contribution in [1.29, 1.82) is 0 Å². The molecule has 1 N–H and O–H groups in total. The zero-order valence-corrected chi connectivity index (χ0v) is 18.8. The number of nitrogens with one attached hydrogen (secondary N) is 1. The number of ketones is 1. The Kier molecular flexibility index (Phi) is 6.73. The molecule has 1 atom stereocenters. The maximum absolute atomic E-state index is 13.0. The summed E-state index contributed by atoms with van der Waals surface area (Å²) in [5, 5.41) is 9.20. The van der Waals surface area contributed by atoms with Gasteiger partial charge in [-0.15, -0.1) is 0 Å². The maximum Gasteiger partial charge on any atom is 0.271 e. The average Bonchev–Trinajstić information content (AvgIpc) is 3.24. The topological polar surface area (TPSA) is 65.0 Å². The van der Waals surface area contributed by atoms with Gasteiger partial charge in [0.25, 0.3) is 5.91 Å². The third-order valence-corrected chi connectivity index (χ3v) is 6.80. The maximum atomic E-state index is 13.0. The first-order valence-corrected chi connectivity index (χ1v) is 11.8. The number of amides is 1. The van der Waals surface area contributed by atoms with Crippen molar-refractivity contribution in [3.63, 3.8) is 0 Å². The monoisotopic (exact) mass is 436 g/mol. The molecule has 0 aromatic heterocycles. The molecule has 2 aliphatic heterocycles. The van der Waals surface area contributed by atoms with E-state index < -0.39 is 6.04 Å². The number of nitrogens with zero attached hydrogens (tertiary/aromatic N) is 3. The van der Waals surface area contributed by atoms with Crippen LogP contribution < -0.4 is 10.3 Å². The van der Waals surface area contributed by atoms with E-state index in [4.69, 9.17) is 0 Å². The first kappa shape index (κ1) is 21.6. The quantitative estimate of drug-likeness (QED) is 0.748. The van der Waals surface area contributed by atoms with Gasteiger partial charge in [0.05, 0.1) is 5.69 Å². The molecule has 31 heavy (non-hydrogen) atoms. The summed E-state index contributed by atoms with van der Waals surface area (Å²) < 4.78 is 0. The number of rotatable bonds is 6. The number of thioether (sulfide) groups is 1. The number of carbonyl (C=O) groups excluding carboxylic acids is 2. The first-order chi connectivity index (χ1) is 15.0. The van der Waals surface area contributed by atoms with Crippen molar-refractivity contribution < 1.29 is 9.59 Å². The van der Waals surface area contributed by atoms with E-state index in [9.17, 15) is 9.59 Å². The molecule has 1 amide bonds. The molecule has 0 aliphatic carbocycles. The van der Waals surface area contributed by atoms with Gasteiger partial charge in [-0.2, -0.15) is 16.9 Å². The van der Waals surface area contributed by atoms with Crippen molar-refractivity contribution in [3.05, 3.63) is 59.7 Å². The number of carbonyl (C=O) groups is 2. The first-order valence-electron chi connectivity index (χ1n) is 10.6. The van der Waals surface area contributed by atoms with Crippen LogP contribution in [0.3, 0.4) is 0 Å². The summed E-state index contributed by atoms with van der Waals surface area (Å²) >= 11 is 2.00. The molecule has 1 saturated heterocycles. The van der Waals surface area contributed by atoms with Crippen LogP contribution in [0.5, 0.6) is 0 Å². The Bertz CT molecular complexity index is 986. The van der Waals surface area contributed by atoms with E-state index in [-0.39, 0.29) is 11.7 Å². The Morgan fingerprint density at radius 2 is 1.84 bits per heavy atom. The molecule has 2 aromatic carbocycles. The molecule has 162 valence electrons. The molecule has 1 unspecified atom stereocenters. The number of benzene rings is 2. The van der Waals surface area contributed by atoms with Gasteiger partial charge in [0, 0.05) is 43.2 Å². The molecule has 0 bridgehead atoms. The van der Waals surface area contributed by atoms with Gasteiger partial charge >= 0.3 is 0 Å². The highest BCUT2D eigenvalue weighted by Gasteiger charge is 2.34. The summed E-state index contributed by atoms with van der Waals surface area (Å²) in [5.74, 6) is 2.09. The Morgan fingerprint density at radius 1 is 1.10 bits per heavy atom. The van der Waals surface area contributed by atoms with E-state index in [1.165, 1.54) is 17.1 Å². The lowest BCUT2D eigenvalue weighted by molar-refractivity contribution is -0.118. The number of Topliss-reactive ketones (excluding diaryl/α,β-unsaturated/α-hetero) is 1. The van der Waals surface area contributed by atoms with E-state index in [0.717, 1.165) is 36.6 Å². The van der Waals surface area contributed by atoms with Gasteiger partial charge in [0.2, 0.25) is 0 Å². The summed E-state index contributed by atoms with van der Waals surface area (Å²) in [6.07, 6.45) is 0.306. The molecule has 7 heteroatoms. The Labute approximate surface area is 187 Å². The number of hydrogen-bond acceptors (Lipinski definition) is 6. The van der Waals surface area contributed by atoms with Crippen LogP contribution in [-0.2, 0) is 16.1 Å². The minimum atomic E-state index is -0.451. The van der Waals surface area contributed by atoms with Gasteiger partial charge in [0.1, 0.15) is 11.8 Å².